The molecule has 8 rings (SSSR count). The summed E-state index contributed by atoms with van der Waals surface area (Å²) in [6, 6.07) is 24.6. The average molecular weight is 632 g/mol. The van der Waals surface area contributed by atoms with E-state index in [9.17, 15) is 0 Å². The molecule has 0 atom stereocenters. The van der Waals surface area contributed by atoms with Gasteiger partial charge in [0.1, 0.15) is 11.5 Å². The van der Waals surface area contributed by atoms with Crippen molar-refractivity contribution >= 4 is 27.4 Å². The van der Waals surface area contributed by atoms with E-state index in [0.29, 0.717) is 11.7 Å². The summed E-state index contributed by atoms with van der Waals surface area (Å²) < 4.78 is 3.07. The number of nitrogens with zero attached hydrogens (tertiary/aromatic N) is 8. The first-order valence-corrected chi connectivity index (χ1v) is 15.1. The van der Waals surface area contributed by atoms with Gasteiger partial charge in [-0.1, -0.05) is 46.3 Å². The Morgan fingerprint density at radius 2 is 1.70 bits per heavy atom. The number of fused-ring (bicyclic) bond motifs is 5. The third-order valence-corrected chi connectivity index (χ3v) is 8.65. The van der Waals surface area contributed by atoms with Crippen LogP contribution in [0.1, 0.15) is 30.1 Å². The van der Waals surface area contributed by atoms with E-state index in [1.807, 2.05) is 42.5 Å². The van der Waals surface area contributed by atoms with Crippen LogP contribution in [0.15, 0.2) is 89.7 Å². The molecule has 0 saturated carbocycles. The number of rotatable bonds is 5. The molecule has 0 unspecified atom stereocenters. The van der Waals surface area contributed by atoms with Gasteiger partial charge in [0.15, 0.2) is 23.3 Å². The summed E-state index contributed by atoms with van der Waals surface area (Å²) in [5.74, 6) is 4.32. The van der Waals surface area contributed by atoms with Crippen LogP contribution < -0.4 is 5.32 Å². The summed E-state index contributed by atoms with van der Waals surface area (Å²) in [4.78, 5) is 16.2. The van der Waals surface area contributed by atoms with Crippen molar-refractivity contribution in [1.82, 2.24) is 44.8 Å². The second kappa shape index (κ2) is 10.8. The van der Waals surface area contributed by atoms with Crippen LogP contribution in [0.3, 0.4) is 0 Å². The van der Waals surface area contributed by atoms with Gasteiger partial charge in [-0.25, -0.2) is 9.97 Å². The Hall–Kier alpha value is -4.74. The minimum Gasteiger partial charge on any atom is -0.338 e. The van der Waals surface area contributed by atoms with Crippen LogP contribution >= 0.6 is 15.9 Å². The Morgan fingerprint density at radius 3 is 2.53 bits per heavy atom. The molecule has 6 heterocycles. The van der Waals surface area contributed by atoms with Gasteiger partial charge in [0, 0.05) is 40.5 Å². The third kappa shape index (κ3) is 4.90. The minimum atomic E-state index is 0.379. The zero-order valence-corrected chi connectivity index (χ0v) is 24.7. The number of benzene rings is 2. The number of piperidine rings is 1. The summed E-state index contributed by atoms with van der Waals surface area (Å²) in [5.41, 5.74) is 5.89. The van der Waals surface area contributed by atoms with Crippen LogP contribution in [0.4, 0.5) is 11.5 Å². The summed E-state index contributed by atoms with van der Waals surface area (Å²) >= 11 is 3.61. The minimum absolute atomic E-state index is 0.379. The monoisotopic (exact) mass is 630 g/mol. The van der Waals surface area contributed by atoms with Gasteiger partial charge in [-0.15, -0.1) is 10.2 Å². The van der Waals surface area contributed by atoms with E-state index >= 15 is 0 Å². The van der Waals surface area contributed by atoms with Crippen molar-refractivity contribution in [1.29, 1.82) is 0 Å². The van der Waals surface area contributed by atoms with E-state index < -0.39 is 0 Å². The number of H-pyrrole nitrogens is 1. The molecule has 2 N–H and O–H groups in total. The quantitative estimate of drug-likeness (QED) is 0.225. The Kier molecular flexibility index (Phi) is 6.53. The first-order chi connectivity index (χ1) is 21.2. The topological polar surface area (TPSA) is 113 Å². The molecule has 2 aliphatic rings. The molecule has 0 amide bonds. The Morgan fingerprint density at radius 1 is 0.860 bits per heavy atom. The molecule has 0 spiro atoms. The molecule has 0 aliphatic carbocycles. The van der Waals surface area contributed by atoms with E-state index in [2.05, 4.69) is 91.4 Å². The van der Waals surface area contributed by atoms with Crippen LogP contribution in [0.2, 0.25) is 0 Å². The third-order valence-electron chi connectivity index (χ3n) is 8.16. The van der Waals surface area contributed by atoms with Crippen molar-refractivity contribution in [2.45, 2.75) is 25.3 Å². The predicted molar refractivity (Wildman–Crippen MR) is 168 cm³/mol. The van der Waals surface area contributed by atoms with Crippen LogP contribution in [0.25, 0.3) is 40.0 Å². The van der Waals surface area contributed by atoms with Crippen LogP contribution in [-0.2, 0) is 6.54 Å². The summed E-state index contributed by atoms with van der Waals surface area (Å²) in [6.07, 6.45) is 5.64. The number of anilines is 2. The van der Waals surface area contributed by atoms with Gasteiger partial charge in [-0.05, 0) is 74.0 Å². The van der Waals surface area contributed by atoms with Gasteiger partial charge in [-0.3, -0.25) is 19.5 Å². The lowest BCUT2D eigenvalue weighted by Gasteiger charge is -2.30. The van der Waals surface area contributed by atoms with Crippen molar-refractivity contribution in [3.63, 3.8) is 0 Å². The Balaban J connectivity index is 0.990. The van der Waals surface area contributed by atoms with Crippen LogP contribution in [0, 0.1) is 0 Å². The average Bonchev–Trinajstić information content (AvgIpc) is 3.69. The summed E-state index contributed by atoms with van der Waals surface area (Å²) in [7, 11) is 0. The lowest BCUT2D eigenvalue weighted by atomic mass is 9.96. The van der Waals surface area contributed by atoms with E-state index in [1.165, 1.54) is 5.56 Å². The highest BCUT2D eigenvalue weighted by Crippen LogP contribution is 2.40. The number of aromatic nitrogens is 8. The van der Waals surface area contributed by atoms with Gasteiger partial charge >= 0.3 is 0 Å². The highest BCUT2D eigenvalue weighted by Gasteiger charge is 2.26. The number of aromatic amines is 1. The van der Waals surface area contributed by atoms with Gasteiger partial charge in [0.05, 0.1) is 11.4 Å². The van der Waals surface area contributed by atoms with Gasteiger partial charge in [0.25, 0.3) is 0 Å². The molecule has 43 heavy (non-hydrogen) atoms. The van der Waals surface area contributed by atoms with Gasteiger partial charge in [-0.2, -0.15) is 5.10 Å². The standard InChI is InChI=1S/C32H27BrN10/c33-23-10-11-25-24(18-23)32-41-40-31(43(32)27-5-3-15-35-30(27)36-25)22-8-6-20(7-9-22)19-42-16-12-21(13-17-42)28-37-29(39-38-28)26-4-1-2-14-34-26/h1-11,14-15,18,21H,12-13,16-17,19H2,(H,35,36)(H,37,38,39). The number of hydrogen-bond acceptors (Lipinski definition) is 8. The maximum atomic E-state index is 4.74. The molecule has 212 valence electrons. The molecule has 0 radical (unpaired) electrons. The van der Waals surface area contributed by atoms with Crippen LogP contribution in [0.5, 0.6) is 0 Å². The number of hydrogen-bond donors (Lipinski definition) is 2. The maximum absolute atomic E-state index is 4.74. The molecular weight excluding hydrogens is 604 g/mol. The van der Waals surface area contributed by atoms with Crippen molar-refractivity contribution in [3.05, 3.63) is 101 Å². The lowest BCUT2D eigenvalue weighted by molar-refractivity contribution is 0.202. The molecule has 11 heteroatoms. The van der Waals surface area contributed by atoms with E-state index in [1.54, 1.807) is 12.4 Å². The molecule has 1 fully saturated rings. The van der Waals surface area contributed by atoms with E-state index in [0.717, 1.165) is 88.4 Å². The molecule has 10 nitrogen and oxygen atoms in total. The smallest absolute Gasteiger partial charge is 0.199 e. The molecule has 1 saturated heterocycles. The molecular formula is C32H27BrN10. The van der Waals surface area contributed by atoms with Crippen molar-refractivity contribution in [3.8, 4) is 40.0 Å². The predicted octanol–water partition coefficient (Wildman–Crippen LogP) is 6.38. The molecule has 6 aromatic rings. The van der Waals surface area contributed by atoms with Crippen molar-refractivity contribution in [2.75, 3.05) is 18.4 Å². The maximum Gasteiger partial charge on any atom is 0.199 e. The largest absolute Gasteiger partial charge is 0.338 e. The molecule has 2 aliphatic heterocycles. The highest BCUT2D eigenvalue weighted by molar-refractivity contribution is 9.10. The molecule has 4 aromatic heterocycles. The summed E-state index contributed by atoms with van der Waals surface area (Å²) in [6.45, 7) is 2.92. The second-order valence-electron chi connectivity index (χ2n) is 10.9. The first-order valence-electron chi connectivity index (χ1n) is 14.3. The number of pyridine rings is 2. The van der Waals surface area contributed by atoms with E-state index in [4.69, 9.17) is 4.98 Å². The van der Waals surface area contributed by atoms with Gasteiger partial charge in [0.2, 0.25) is 0 Å². The van der Waals surface area contributed by atoms with Crippen molar-refractivity contribution in [2.24, 2.45) is 0 Å². The zero-order valence-electron chi connectivity index (χ0n) is 23.2. The number of likely N-dealkylation sites (tertiary alicyclic amines) is 1. The zero-order chi connectivity index (χ0) is 28.8. The Labute approximate surface area is 256 Å². The number of nitrogens with one attached hydrogen (secondary N) is 2. The SMILES string of the molecule is Brc1ccc2c(c1)-c1nnc(-c3ccc(CN4CCC(c5nc(-c6ccccn6)n[nH]5)CC4)cc3)n1-c1cccnc1N2. The van der Waals surface area contributed by atoms with E-state index in [-0.39, 0.29) is 0 Å². The first kappa shape index (κ1) is 25.9. The van der Waals surface area contributed by atoms with Gasteiger partial charge < -0.3 is 5.32 Å². The van der Waals surface area contributed by atoms with Crippen molar-refractivity contribution < 1.29 is 0 Å². The lowest BCUT2D eigenvalue weighted by Crippen LogP contribution is -2.32. The fourth-order valence-electron chi connectivity index (χ4n) is 5.93. The normalized spacial score (nSPS) is 14.8. The molecule has 0 bridgehead atoms. The second-order valence-corrected chi connectivity index (χ2v) is 11.8. The summed E-state index contributed by atoms with van der Waals surface area (Å²) in [5, 5.41) is 20.3. The number of halogens is 1. The van der Waals surface area contributed by atoms with Crippen LogP contribution in [-0.4, -0.2) is 57.9 Å². The fourth-order valence-corrected chi connectivity index (χ4v) is 6.29. The molecule has 2 aromatic carbocycles. The fraction of sp³-hybridized carbons (Fsp3) is 0.188. The Bertz CT molecular complexity index is 1910. The highest BCUT2D eigenvalue weighted by atomic mass is 79.9.